The first kappa shape index (κ1) is 14.3. The number of aliphatic hydroxyl groups excluding tert-OH is 1. The molecule has 0 aliphatic carbocycles. The van der Waals surface area contributed by atoms with Crippen LogP contribution in [0.15, 0.2) is 18.2 Å². The largest absolute Gasteiger partial charge is 0.496 e. The van der Waals surface area contributed by atoms with Gasteiger partial charge in [0.15, 0.2) is 0 Å². The minimum absolute atomic E-state index is 0.284. The van der Waals surface area contributed by atoms with Crippen LogP contribution in [-0.4, -0.2) is 30.8 Å². The molecule has 0 aromatic heterocycles. The number of methoxy groups -OCH3 is 1. The number of nitrogen functional groups attached to an aromatic ring is 1. The highest BCUT2D eigenvalue weighted by Crippen LogP contribution is 2.23. The molecule has 0 radical (unpaired) electrons. The molecule has 4 N–H and O–H groups in total. The van der Waals surface area contributed by atoms with Gasteiger partial charge in [0.1, 0.15) is 11.3 Å². The Labute approximate surface area is 107 Å². The predicted octanol–water partition coefficient (Wildman–Crippen LogP) is 1.17. The second-order valence-corrected chi connectivity index (χ2v) is 4.03. The Morgan fingerprint density at radius 2 is 2.28 bits per heavy atom. The van der Waals surface area contributed by atoms with Gasteiger partial charge in [-0.2, -0.15) is 0 Å². The van der Waals surface area contributed by atoms with E-state index in [0.29, 0.717) is 36.4 Å². The van der Waals surface area contributed by atoms with Crippen LogP contribution < -0.4 is 15.8 Å². The number of hydrogen-bond acceptors (Lipinski definition) is 4. The van der Waals surface area contributed by atoms with Crippen LogP contribution in [0.4, 0.5) is 5.69 Å². The molecule has 1 aromatic carbocycles. The third kappa shape index (κ3) is 3.63. The van der Waals surface area contributed by atoms with Crippen molar-refractivity contribution in [3.63, 3.8) is 0 Å². The van der Waals surface area contributed by atoms with Gasteiger partial charge in [-0.15, -0.1) is 0 Å². The lowest BCUT2D eigenvalue weighted by Crippen LogP contribution is -2.28. The van der Waals surface area contributed by atoms with Gasteiger partial charge in [-0.25, -0.2) is 0 Å². The molecule has 0 heterocycles. The third-order valence-electron chi connectivity index (χ3n) is 2.74. The number of benzene rings is 1. The number of nitrogens with two attached hydrogens (primary N) is 1. The summed E-state index contributed by atoms with van der Waals surface area (Å²) < 4.78 is 5.11. The van der Waals surface area contributed by atoms with E-state index in [4.69, 9.17) is 10.5 Å². The van der Waals surface area contributed by atoms with Crippen LogP contribution >= 0.6 is 0 Å². The molecule has 0 saturated carbocycles. The molecular formula is C13H20N2O3. The molecule has 0 saturated heterocycles. The highest BCUT2D eigenvalue weighted by molar-refractivity contribution is 6.01. The number of amides is 1. The van der Waals surface area contributed by atoms with E-state index in [1.165, 1.54) is 7.11 Å². The van der Waals surface area contributed by atoms with Crippen molar-refractivity contribution in [1.29, 1.82) is 0 Å². The van der Waals surface area contributed by atoms with Gasteiger partial charge in [0.25, 0.3) is 5.91 Å². The molecule has 1 amide bonds. The van der Waals surface area contributed by atoms with Crippen LogP contribution in [0, 0.1) is 0 Å². The minimum atomic E-state index is -0.389. The van der Waals surface area contributed by atoms with Gasteiger partial charge in [0.2, 0.25) is 0 Å². The molecule has 5 nitrogen and oxygen atoms in total. The molecule has 18 heavy (non-hydrogen) atoms. The molecule has 0 aliphatic rings. The van der Waals surface area contributed by atoms with Crippen LogP contribution in [0.25, 0.3) is 0 Å². The molecule has 0 fully saturated rings. The third-order valence-corrected chi connectivity index (χ3v) is 2.74. The molecule has 1 unspecified atom stereocenters. The predicted molar refractivity (Wildman–Crippen MR) is 70.7 cm³/mol. The van der Waals surface area contributed by atoms with Gasteiger partial charge >= 0.3 is 0 Å². The van der Waals surface area contributed by atoms with Crippen LogP contribution in [0.3, 0.4) is 0 Å². The Balaban J connectivity index is 2.67. The SMILES string of the molecule is CCC(O)CCNC(=O)c1c(N)cccc1OC. The number of nitrogens with one attached hydrogen (secondary N) is 1. The molecule has 5 heteroatoms. The summed E-state index contributed by atoms with van der Waals surface area (Å²) in [5, 5.41) is 12.1. The Kier molecular flexibility index (Phi) is 5.45. The number of rotatable bonds is 6. The fourth-order valence-electron chi connectivity index (χ4n) is 1.61. The van der Waals surface area contributed by atoms with Crippen LogP contribution in [-0.2, 0) is 0 Å². The topological polar surface area (TPSA) is 84.6 Å². The number of ether oxygens (including phenoxy) is 1. The van der Waals surface area contributed by atoms with Crippen molar-refractivity contribution in [2.75, 3.05) is 19.4 Å². The molecule has 0 bridgehead atoms. The van der Waals surface area contributed by atoms with Gasteiger partial charge in [-0.3, -0.25) is 4.79 Å². The second-order valence-electron chi connectivity index (χ2n) is 4.03. The van der Waals surface area contributed by atoms with Crippen LogP contribution in [0.2, 0.25) is 0 Å². The summed E-state index contributed by atoms with van der Waals surface area (Å²) in [7, 11) is 1.49. The van der Waals surface area contributed by atoms with E-state index in [2.05, 4.69) is 5.32 Å². The van der Waals surface area contributed by atoms with Gasteiger partial charge in [0.05, 0.1) is 13.2 Å². The van der Waals surface area contributed by atoms with Crippen molar-refractivity contribution in [3.05, 3.63) is 23.8 Å². The average Bonchev–Trinajstić information content (AvgIpc) is 2.37. The molecule has 1 aromatic rings. The Hall–Kier alpha value is -1.75. The van der Waals surface area contributed by atoms with Gasteiger partial charge in [-0.1, -0.05) is 13.0 Å². The van der Waals surface area contributed by atoms with E-state index in [1.54, 1.807) is 18.2 Å². The smallest absolute Gasteiger partial charge is 0.257 e. The summed E-state index contributed by atoms with van der Waals surface area (Å²) in [4.78, 5) is 12.0. The van der Waals surface area contributed by atoms with E-state index in [0.717, 1.165) is 0 Å². The molecule has 1 atom stereocenters. The fraction of sp³-hybridized carbons (Fsp3) is 0.462. The number of carbonyl (C=O) groups is 1. The number of anilines is 1. The van der Waals surface area contributed by atoms with E-state index in [9.17, 15) is 9.90 Å². The lowest BCUT2D eigenvalue weighted by Gasteiger charge is -2.12. The van der Waals surface area contributed by atoms with Crippen molar-refractivity contribution in [3.8, 4) is 5.75 Å². The lowest BCUT2D eigenvalue weighted by atomic mass is 10.1. The maximum Gasteiger partial charge on any atom is 0.257 e. The number of aliphatic hydroxyl groups is 1. The number of hydrogen-bond donors (Lipinski definition) is 3. The van der Waals surface area contributed by atoms with Crippen molar-refractivity contribution < 1.29 is 14.6 Å². The van der Waals surface area contributed by atoms with Crippen molar-refractivity contribution >= 4 is 11.6 Å². The first-order valence-electron chi connectivity index (χ1n) is 5.98. The van der Waals surface area contributed by atoms with Gasteiger partial charge in [-0.05, 0) is 25.0 Å². The first-order valence-corrected chi connectivity index (χ1v) is 5.98. The molecular weight excluding hydrogens is 232 g/mol. The minimum Gasteiger partial charge on any atom is -0.496 e. The lowest BCUT2D eigenvalue weighted by molar-refractivity contribution is 0.0940. The Morgan fingerprint density at radius 3 is 2.89 bits per heavy atom. The average molecular weight is 252 g/mol. The summed E-state index contributed by atoms with van der Waals surface area (Å²) in [6, 6.07) is 5.07. The Bertz CT molecular complexity index is 407. The zero-order chi connectivity index (χ0) is 13.5. The normalized spacial score (nSPS) is 11.9. The summed E-state index contributed by atoms with van der Waals surface area (Å²) in [5.74, 6) is 0.164. The van der Waals surface area contributed by atoms with Crippen molar-refractivity contribution in [2.24, 2.45) is 0 Å². The van der Waals surface area contributed by atoms with Crippen LogP contribution in [0.1, 0.15) is 30.1 Å². The molecule has 100 valence electrons. The molecule has 0 aliphatic heterocycles. The second kappa shape index (κ2) is 6.86. The summed E-state index contributed by atoms with van der Waals surface area (Å²) >= 11 is 0. The molecule has 0 spiro atoms. The van der Waals surface area contributed by atoms with E-state index < -0.39 is 0 Å². The van der Waals surface area contributed by atoms with E-state index in [-0.39, 0.29) is 12.0 Å². The fourth-order valence-corrected chi connectivity index (χ4v) is 1.61. The highest BCUT2D eigenvalue weighted by atomic mass is 16.5. The van der Waals surface area contributed by atoms with Crippen molar-refractivity contribution in [2.45, 2.75) is 25.9 Å². The highest BCUT2D eigenvalue weighted by Gasteiger charge is 2.15. The monoisotopic (exact) mass is 252 g/mol. The van der Waals surface area contributed by atoms with Gasteiger partial charge in [0, 0.05) is 12.2 Å². The summed E-state index contributed by atoms with van der Waals surface area (Å²) in [6.45, 7) is 2.30. The summed E-state index contributed by atoms with van der Waals surface area (Å²) in [5.41, 5.74) is 6.48. The number of carbonyl (C=O) groups excluding carboxylic acids is 1. The zero-order valence-electron chi connectivity index (χ0n) is 10.8. The molecule has 1 rings (SSSR count). The maximum atomic E-state index is 12.0. The van der Waals surface area contributed by atoms with Crippen LogP contribution in [0.5, 0.6) is 5.75 Å². The maximum absolute atomic E-state index is 12.0. The quantitative estimate of drug-likeness (QED) is 0.663. The van der Waals surface area contributed by atoms with Crippen molar-refractivity contribution in [1.82, 2.24) is 5.32 Å². The first-order chi connectivity index (χ1) is 8.60. The van der Waals surface area contributed by atoms with E-state index in [1.807, 2.05) is 6.92 Å². The Morgan fingerprint density at radius 1 is 1.56 bits per heavy atom. The van der Waals surface area contributed by atoms with E-state index >= 15 is 0 Å². The standard InChI is InChI=1S/C13H20N2O3/c1-3-9(16)7-8-15-13(17)12-10(14)5-4-6-11(12)18-2/h4-6,9,16H,3,7-8,14H2,1-2H3,(H,15,17). The van der Waals surface area contributed by atoms with Gasteiger partial charge < -0.3 is 20.9 Å². The summed E-state index contributed by atoms with van der Waals surface area (Å²) in [6.07, 6.45) is 0.810. The zero-order valence-corrected chi connectivity index (χ0v) is 10.8.